The number of hydrogen-bond donors (Lipinski definition) is 0. The molecular weight excluding hydrogens is 422 g/mol. The lowest BCUT2D eigenvalue weighted by molar-refractivity contribution is 0.552. The molecule has 0 N–H and O–H groups in total. The quantitative estimate of drug-likeness (QED) is 0.371. The highest BCUT2D eigenvalue weighted by Gasteiger charge is 2.05. The Morgan fingerprint density at radius 3 is 1.94 bits per heavy atom. The predicted molar refractivity (Wildman–Crippen MR) is 133 cm³/mol. The van der Waals surface area contributed by atoms with Crippen molar-refractivity contribution in [1.29, 1.82) is 0 Å². The minimum Gasteiger partial charge on any atom is -0.261 e. The van der Waals surface area contributed by atoms with Gasteiger partial charge in [-0.1, -0.05) is 53.7 Å². The van der Waals surface area contributed by atoms with Gasteiger partial charge in [0.05, 0.1) is 5.01 Å². The molecule has 0 unspecified atom stereocenters. The van der Waals surface area contributed by atoms with E-state index in [0.717, 1.165) is 36.4 Å². The lowest BCUT2D eigenvalue weighted by atomic mass is 10.0. The van der Waals surface area contributed by atoms with Crippen LogP contribution in [-0.4, -0.2) is 9.97 Å². The zero-order valence-electron chi connectivity index (χ0n) is 20.5. The van der Waals surface area contributed by atoms with Gasteiger partial charge in [0.25, 0.3) is 0 Å². The van der Waals surface area contributed by atoms with Crippen LogP contribution in [0.5, 0.6) is 0 Å². The summed E-state index contributed by atoms with van der Waals surface area (Å²) in [7, 11) is 0. The Hall–Kier alpha value is -2.14. The summed E-state index contributed by atoms with van der Waals surface area (Å²) < 4.78 is 25.4. The fourth-order valence-electron chi connectivity index (χ4n) is 2.92. The first-order valence-electron chi connectivity index (χ1n) is 11.3. The van der Waals surface area contributed by atoms with E-state index < -0.39 is 11.6 Å². The van der Waals surface area contributed by atoms with Crippen LogP contribution >= 0.6 is 11.3 Å². The summed E-state index contributed by atoms with van der Waals surface area (Å²) in [5.74, 6) is 0.893. The molecular formula is C27H38F2N2S. The van der Waals surface area contributed by atoms with E-state index in [0.29, 0.717) is 17.9 Å². The Bertz CT molecular complexity index is 873. The molecule has 3 aromatic rings. The van der Waals surface area contributed by atoms with Gasteiger partial charge >= 0.3 is 0 Å². The van der Waals surface area contributed by atoms with Crippen molar-refractivity contribution in [3.8, 4) is 0 Å². The van der Waals surface area contributed by atoms with Crippen molar-refractivity contribution in [2.24, 2.45) is 17.8 Å². The normalized spacial score (nSPS) is 10.6. The lowest BCUT2D eigenvalue weighted by Gasteiger charge is -2.05. The van der Waals surface area contributed by atoms with Crippen molar-refractivity contribution in [3.63, 3.8) is 0 Å². The third kappa shape index (κ3) is 12.7. The number of halogens is 2. The van der Waals surface area contributed by atoms with Crippen LogP contribution in [0.3, 0.4) is 0 Å². The molecule has 0 fully saturated rings. The summed E-state index contributed by atoms with van der Waals surface area (Å²) in [4.78, 5) is 8.41. The van der Waals surface area contributed by atoms with Gasteiger partial charge in [0, 0.05) is 36.0 Å². The van der Waals surface area contributed by atoms with E-state index in [9.17, 15) is 8.78 Å². The minimum atomic E-state index is -0.514. The molecule has 0 bridgehead atoms. The Morgan fingerprint density at radius 2 is 1.47 bits per heavy atom. The SMILES string of the molecule is CC(C)Cc1ccc(F)cc1F.CC(C)Cc1nccs1.Cc1ccc(CC(C)C)cn1. The lowest BCUT2D eigenvalue weighted by Crippen LogP contribution is -1.97. The number of pyridine rings is 1. The Kier molecular flexibility index (Phi) is 12.9. The van der Waals surface area contributed by atoms with Gasteiger partial charge in [0.15, 0.2) is 0 Å². The second-order valence-corrected chi connectivity index (χ2v) is 10.2. The van der Waals surface area contributed by atoms with Crippen LogP contribution < -0.4 is 0 Å². The van der Waals surface area contributed by atoms with E-state index in [2.05, 4.69) is 49.8 Å². The highest BCUT2D eigenvalue weighted by molar-refractivity contribution is 7.09. The van der Waals surface area contributed by atoms with Crippen molar-refractivity contribution in [3.05, 3.63) is 81.6 Å². The molecule has 2 heterocycles. The topological polar surface area (TPSA) is 25.8 Å². The monoisotopic (exact) mass is 460 g/mol. The molecule has 0 radical (unpaired) electrons. The Balaban J connectivity index is 0.000000242. The van der Waals surface area contributed by atoms with Gasteiger partial charge in [-0.25, -0.2) is 13.8 Å². The van der Waals surface area contributed by atoms with Crippen molar-refractivity contribution in [1.82, 2.24) is 9.97 Å². The fraction of sp³-hybridized carbons (Fsp3) is 0.481. The molecule has 1 aromatic carbocycles. The zero-order valence-corrected chi connectivity index (χ0v) is 21.3. The van der Waals surface area contributed by atoms with E-state index >= 15 is 0 Å². The molecule has 3 rings (SSSR count). The van der Waals surface area contributed by atoms with Gasteiger partial charge < -0.3 is 0 Å². The molecule has 0 spiro atoms. The average Bonchev–Trinajstić information content (AvgIpc) is 3.19. The molecule has 0 aliphatic rings. The summed E-state index contributed by atoms with van der Waals surface area (Å²) >= 11 is 1.74. The maximum Gasteiger partial charge on any atom is 0.129 e. The summed E-state index contributed by atoms with van der Waals surface area (Å²) in [6.07, 6.45) is 6.74. The van der Waals surface area contributed by atoms with Gasteiger partial charge in [0.1, 0.15) is 11.6 Å². The molecule has 0 saturated carbocycles. The van der Waals surface area contributed by atoms with Crippen molar-refractivity contribution in [2.75, 3.05) is 0 Å². The summed E-state index contributed by atoms with van der Waals surface area (Å²) in [6.45, 7) is 14.9. The standard InChI is InChI=1S/C10H12F2.C10H15N.C7H11NS/c1-7(2)5-8-3-4-9(11)6-10(8)12;1-8(2)6-10-5-4-9(3)11-7-10;1-6(2)5-7-8-3-4-9-7/h3-4,6-7H,5H2,1-2H3;4-5,7-8H,6H2,1-3H3;3-4,6H,5H2,1-2H3. The van der Waals surface area contributed by atoms with Crippen LogP contribution in [0.1, 0.15) is 63.4 Å². The second-order valence-electron chi connectivity index (χ2n) is 9.26. The number of aryl methyl sites for hydroxylation is 1. The molecule has 0 saturated heterocycles. The molecule has 0 atom stereocenters. The highest BCUT2D eigenvalue weighted by Crippen LogP contribution is 2.13. The van der Waals surface area contributed by atoms with E-state index in [1.54, 1.807) is 11.3 Å². The number of rotatable bonds is 6. The number of thiazole rings is 1. The van der Waals surface area contributed by atoms with Crippen LogP contribution in [0, 0.1) is 36.3 Å². The first kappa shape index (κ1) is 27.9. The van der Waals surface area contributed by atoms with Crippen LogP contribution in [0.15, 0.2) is 48.1 Å². The van der Waals surface area contributed by atoms with E-state index in [4.69, 9.17) is 0 Å². The first-order chi connectivity index (χ1) is 15.1. The van der Waals surface area contributed by atoms with Gasteiger partial charge in [-0.3, -0.25) is 4.98 Å². The van der Waals surface area contributed by atoms with Gasteiger partial charge in [-0.05, 0) is 60.8 Å². The predicted octanol–water partition coefficient (Wildman–Crippen LogP) is 8.09. The van der Waals surface area contributed by atoms with Crippen molar-refractivity contribution >= 4 is 11.3 Å². The Morgan fingerprint density at radius 1 is 0.812 bits per heavy atom. The molecule has 5 heteroatoms. The molecule has 176 valence electrons. The molecule has 0 aliphatic heterocycles. The molecule has 0 amide bonds. The van der Waals surface area contributed by atoms with E-state index in [-0.39, 0.29) is 0 Å². The number of benzene rings is 1. The molecule has 2 nitrogen and oxygen atoms in total. The largest absolute Gasteiger partial charge is 0.261 e. The highest BCUT2D eigenvalue weighted by atomic mass is 32.1. The van der Waals surface area contributed by atoms with E-state index in [1.807, 2.05) is 38.5 Å². The third-order valence-electron chi connectivity index (χ3n) is 4.33. The summed E-state index contributed by atoms with van der Waals surface area (Å²) in [5.41, 5.74) is 3.02. The maximum absolute atomic E-state index is 13.0. The fourth-order valence-corrected chi connectivity index (χ4v) is 3.75. The van der Waals surface area contributed by atoms with Crippen LogP contribution in [-0.2, 0) is 19.3 Å². The zero-order chi connectivity index (χ0) is 24.1. The summed E-state index contributed by atoms with van der Waals surface area (Å²) in [5, 5.41) is 3.28. The second kappa shape index (κ2) is 14.8. The average molecular weight is 461 g/mol. The van der Waals surface area contributed by atoms with Gasteiger partial charge in [-0.2, -0.15) is 0 Å². The molecule has 2 aromatic heterocycles. The van der Waals surface area contributed by atoms with E-state index in [1.165, 1.54) is 22.7 Å². The molecule has 32 heavy (non-hydrogen) atoms. The Labute approximate surface area is 197 Å². The third-order valence-corrected chi connectivity index (χ3v) is 5.13. The number of hydrogen-bond acceptors (Lipinski definition) is 3. The number of aromatic nitrogens is 2. The van der Waals surface area contributed by atoms with Crippen LogP contribution in [0.4, 0.5) is 8.78 Å². The van der Waals surface area contributed by atoms with Gasteiger partial charge in [-0.15, -0.1) is 11.3 Å². The number of nitrogens with zero attached hydrogens (tertiary/aromatic N) is 2. The van der Waals surface area contributed by atoms with Gasteiger partial charge in [0.2, 0.25) is 0 Å². The maximum atomic E-state index is 13.0. The van der Waals surface area contributed by atoms with Crippen molar-refractivity contribution in [2.45, 2.75) is 67.7 Å². The van der Waals surface area contributed by atoms with Crippen LogP contribution in [0.2, 0.25) is 0 Å². The first-order valence-corrected chi connectivity index (χ1v) is 12.2. The summed E-state index contributed by atoms with van der Waals surface area (Å²) in [6, 6.07) is 7.95. The van der Waals surface area contributed by atoms with Crippen molar-refractivity contribution < 1.29 is 8.78 Å². The van der Waals surface area contributed by atoms with Crippen LogP contribution in [0.25, 0.3) is 0 Å². The smallest absolute Gasteiger partial charge is 0.129 e. The molecule has 0 aliphatic carbocycles. The minimum absolute atomic E-state index is 0.393.